The molecule has 4 nitrogen and oxygen atoms in total. The van der Waals surface area contributed by atoms with Crippen LogP contribution in [0.3, 0.4) is 0 Å². The first-order valence-electron chi connectivity index (χ1n) is 6.43. The number of nitrogens with one attached hydrogen (secondary N) is 1. The lowest BCUT2D eigenvalue weighted by Crippen LogP contribution is -2.14. The minimum absolute atomic E-state index is 0.0433. The number of carboxylic acid groups (broad SMARTS) is 1. The van der Waals surface area contributed by atoms with E-state index in [1.165, 1.54) is 6.07 Å². The van der Waals surface area contributed by atoms with Crippen molar-refractivity contribution < 1.29 is 14.7 Å². The molecule has 0 atom stereocenters. The van der Waals surface area contributed by atoms with E-state index in [2.05, 4.69) is 21.2 Å². The van der Waals surface area contributed by atoms with Gasteiger partial charge in [-0.05, 0) is 42.2 Å². The summed E-state index contributed by atoms with van der Waals surface area (Å²) >= 11 is 4.93. The highest BCUT2D eigenvalue weighted by atomic mass is 79.9. The Bertz CT molecular complexity index is 701. The summed E-state index contributed by atoms with van der Waals surface area (Å²) in [6.45, 7) is 0. The first kappa shape index (κ1) is 16.6. The number of hydrogen-bond acceptors (Lipinski definition) is 3. The van der Waals surface area contributed by atoms with Crippen molar-refractivity contribution in [2.24, 2.45) is 0 Å². The van der Waals surface area contributed by atoms with Crippen molar-refractivity contribution in [2.75, 3.05) is 11.6 Å². The van der Waals surface area contributed by atoms with Crippen LogP contribution in [0.2, 0.25) is 0 Å². The molecule has 0 fully saturated rings. The van der Waals surface area contributed by atoms with E-state index >= 15 is 0 Å². The first-order valence-corrected chi connectivity index (χ1v) is 8.62. The second-order valence-electron chi connectivity index (χ2n) is 4.58. The molecule has 0 aliphatic rings. The Labute approximate surface area is 141 Å². The standard InChI is InChI=1S/C16H14BrNO3S/c1-22-9-10-2-4-11(5-3-10)15(19)18-14-7-6-12(17)8-13(14)16(20)21/h2-8H,9H2,1H3,(H,18,19)(H,20,21). The normalized spacial score (nSPS) is 10.3. The number of halogens is 1. The lowest BCUT2D eigenvalue weighted by Gasteiger charge is -2.09. The van der Waals surface area contributed by atoms with E-state index in [0.717, 1.165) is 11.3 Å². The summed E-state index contributed by atoms with van der Waals surface area (Å²) in [4.78, 5) is 23.5. The Morgan fingerprint density at radius 2 is 1.86 bits per heavy atom. The lowest BCUT2D eigenvalue weighted by atomic mass is 10.1. The van der Waals surface area contributed by atoms with Crippen molar-refractivity contribution in [1.29, 1.82) is 0 Å². The van der Waals surface area contributed by atoms with E-state index in [4.69, 9.17) is 0 Å². The Balaban J connectivity index is 2.20. The van der Waals surface area contributed by atoms with Gasteiger partial charge in [-0.2, -0.15) is 11.8 Å². The van der Waals surface area contributed by atoms with Crippen molar-refractivity contribution in [3.8, 4) is 0 Å². The van der Waals surface area contributed by atoms with Crippen molar-refractivity contribution in [3.05, 3.63) is 63.6 Å². The number of carbonyl (C=O) groups excluding carboxylic acids is 1. The van der Waals surface area contributed by atoms with Gasteiger partial charge in [0.2, 0.25) is 0 Å². The fraction of sp³-hybridized carbons (Fsp3) is 0.125. The van der Waals surface area contributed by atoms with Gasteiger partial charge in [0.25, 0.3) is 5.91 Å². The van der Waals surface area contributed by atoms with Gasteiger partial charge >= 0.3 is 5.97 Å². The summed E-state index contributed by atoms with van der Waals surface area (Å²) in [6.07, 6.45) is 2.02. The molecule has 2 N–H and O–H groups in total. The van der Waals surface area contributed by atoms with Crippen LogP contribution in [0.25, 0.3) is 0 Å². The summed E-state index contributed by atoms with van der Waals surface area (Å²) in [5.74, 6) is -0.537. The van der Waals surface area contributed by atoms with Crippen LogP contribution < -0.4 is 5.32 Å². The minimum Gasteiger partial charge on any atom is -0.478 e. The monoisotopic (exact) mass is 379 g/mol. The average Bonchev–Trinajstić information content (AvgIpc) is 2.50. The van der Waals surface area contributed by atoms with Crippen molar-refractivity contribution in [3.63, 3.8) is 0 Å². The Morgan fingerprint density at radius 3 is 2.45 bits per heavy atom. The summed E-state index contributed by atoms with van der Waals surface area (Å²) in [5.41, 5.74) is 1.94. The molecule has 0 heterocycles. The molecule has 0 radical (unpaired) electrons. The molecule has 0 aliphatic heterocycles. The molecule has 0 saturated heterocycles. The van der Waals surface area contributed by atoms with E-state index in [0.29, 0.717) is 10.0 Å². The zero-order chi connectivity index (χ0) is 16.1. The molecule has 0 aliphatic carbocycles. The predicted molar refractivity (Wildman–Crippen MR) is 92.7 cm³/mol. The number of anilines is 1. The number of rotatable bonds is 5. The fourth-order valence-electron chi connectivity index (χ4n) is 1.92. The van der Waals surface area contributed by atoms with Gasteiger partial charge in [0.15, 0.2) is 0 Å². The third-order valence-corrected chi connectivity index (χ3v) is 4.10. The fourth-order valence-corrected chi connectivity index (χ4v) is 2.80. The number of carboxylic acids is 1. The highest BCUT2D eigenvalue weighted by Gasteiger charge is 2.14. The molecule has 6 heteroatoms. The molecular weight excluding hydrogens is 366 g/mol. The Hall–Kier alpha value is -1.79. The van der Waals surface area contributed by atoms with Gasteiger partial charge in [-0.3, -0.25) is 4.79 Å². The van der Waals surface area contributed by atoms with E-state index in [9.17, 15) is 14.7 Å². The maximum absolute atomic E-state index is 12.2. The number of amides is 1. The molecule has 22 heavy (non-hydrogen) atoms. The number of carbonyl (C=O) groups is 2. The van der Waals surface area contributed by atoms with Crippen LogP contribution in [0.4, 0.5) is 5.69 Å². The summed E-state index contributed by atoms with van der Waals surface area (Å²) < 4.78 is 0.643. The number of thioether (sulfide) groups is 1. The summed E-state index contributed by atoms with van der Waals surface area (Å²) in [5, 5.41) is 11.8. The minimum atomic E-state index is -1.09. The number of benzene rings is 2. The second-order valence-corrected chi connectivity index (χ2v) is 6.36. The van der Waals surface area contributed by atoms with Crippen LogP contribution in [0, 0.1) is 0 Å². The van der Waals surface area contributed by atoms with E-state index in [-0.39, 0.29) is 17.2 Å². The van der Waals surface area contributed by atoms with Crippen molar-refractivity contribution in [2.45, 2.75) is 5.75 Å². The zero-order valence-corrected chi connectivity index (χ0v) is 14.2. The molecule has 0 saturated carbocycles. The maximum atomic E-state index is 12.2. The van der Waals surface area contributed by atoms with Gasteiger partial charge in [0.1, 0.15) is 0 Å². The van der Waals surface area contributed by atoms with Crippen LogP contribution in [0.1, 0.15) is 26.3 Å². The van der Waals surface area contributed by atoms with Crippen LogP contribution in [0.15, 0.2) is 46.9 Å². The van der Waals surface area contributed by atoms with Gasteiger partial charge in [-0.15, -0.1) is 0 Å². The second kappa shape index (κ2) is 7.47. The van der Waals surface area contributed by atoms with Crippen LogP contribution >= 0.6 is 27.7 Å². The zero-order valence-electron chi connectivity index (χ0n) is 11.8. The molecule has 0 unspecified atom stereocenters. The van der Waals surface area contributed by atoms with Gasteiger partial charge < -0.3 is 10.4 Å². The van der Waals surface area contributed by atoms with Crippen molar-refractivity contribution >= 4 is 45.3 Å². The van der Waals surface area contributed by atoms with Gasteiger partial charge in [-0.25, -0.2) is 4.79 Å². The van der Waals surface area contributed by atoms with E-state index in [1.54, 1.807) is 36.0 Å². The Kier molecular flexibility index (Phi) is 5.63. The molecule has 2 aromatic carbocycles. The molecule has 0 aromatic heterocycles. The average molecular weight is 380 g/mol. The third-order valence-electron chi connectivity index (χ3n) is 2.99. The molecule has 2 rings (SSSR count). The smallest absolute Gasteiger partial charge is 0.337 e. The van der Waals surface area contributed by atoms with Gasteiger partial charge in [-0.1, -0.05) is 28.1 Å². The van der Waals surface area contributed by atoms with E-state index < -0.39 is 5.97 Å². The molecule has 2 aromatic rings. The highest BCUT2D eigenvalue weighted by Crippen LogP contribution is 2.22. The quantitative estimate of drug-likeness (QED) is 0.814. The predicted octanol–water partition coefficient (Wildman–Crippen LogP) is 4.26. The lowest BCUT2D eigenvalue weighted by molar-refractivity contribution is 0.0698. The molecule has 0 bridgehead atoms. The number of hydrogen-bond donors (Lipinski definition) is 2. The first-order chi connectivity index (χ1) is 10.5. The molecule has 114 valence electrons. The number of aromatic carboxylic acids is 1. The van der Waals surface area contributed by atoms with Crippen LogP contribution in [-0.4, -0.2) is 23.2 Å². The third kappa shape index (κ3) is 4.11. The summed E-state index contributed by atoms with van der Waals surface area (Å²) in [7, 11) is 0. The molecule has 0 spiro atoms. The SMILES string of the molecule is CSCc1ccc(C(=O)Nc2ccc(Br)cc2C(=O)O)cc1. The van der Waals surface area contributed by atoms with E-state index in [1.807, 2.05) is 18.4 Å². The highest BCUT2D eigenvalue weighted by molar-refractivity contribution is 9.10. The summed E-state index contributed by atoms with van der Waals surface area (Å²) in [6, 6.07) is 12.0. The Morgan fingerprint density at radius 1 is 1.18 bits per heavy atom. The van der Waals surface area contributed by atoms with Crippen molar-refractivity contribution in [1.82, 2.24) is 0 Å². The van der Waals surface area contributed by atoms with Crippen LogP contribution in [0.5, 0.6) is 0 Å². The molecule has 1 amide bonds. The van der Waals surface area contributed by atoms with Gasteiger partial charge in [0.05, 0.1) is 11.3 Å². The van der Waals surface area contributed by atoms with Gasteiger partial charge in [0, 0.05) is 15.8 Å². The topological polar surface area (TPSA) is 66.4 Å². The largest absolute Gasteiger partial charge is 0.478 e. The maximum Gasteiger partial charge on any atom is 0.337 e. The van der Waals surface area contributed by atoms with Crippen LogP contribution in [-0.2, 0) is 5.75 Å². The molecular formula is C16H14BrNO3S.